The molecule has 2 N–H and O–H groups in total. The number of amides is 2. The van der Waals surface area contributed by atoms with Crippen LogP contribution in [-0.2, 0) is 22.6 Å². The van der Waals surface area contributed by atoms with Crippen molar-refractivity contribution in [3.8, 4) is 0 Å². The van der Waals surface area contributed by atoms with Gasteiger partial charge >= 0.3 is 0 Å². The van der Waals surface area contributed by atoms with Gasteiger partial charge in [-0.05, 0) is 38.8 Å². The van der Waals surface area contributed by atoms with E-state index in [9.17, 15) is 9.59 Å². The molecule has 0 aliphatic carbocycles. The molecule has 0 aliphatic heterocycles. The monoisotopic (exact) mass is 344 g/mol. The normalized spacial score (nSPS) is 11.0. The third kappa shape index (κ3) is 5.59. The standard InChI is InChI=1S/C19H28N4O2/c1-4-8-18(24)20-12-7-11-17-22-15-9-5-6-10-16(15)23(17)13-19(25)21-14(2)3/h5-6,9-10,14H,4,7-8,11-13H2,1-3H3,(H,20,24)(H,21,25). The molecule has 6 nitrogen and oxygen atoms in total. The minimum Gasteiger partial charge on any atom is -0.356 e. The quantitative estimate of drug-likeness (QED) is 0.686. The summed E-state index contributed by atoms with van der Waals surface area (Å²) in [5, 5.41) is 5.84. The van der Waals surface area contributed by atoms with Crippen molar-refractivity contribution in [3.05, 3.63) is 30.1 Å². The first-order chi connectivity index (χ1) is 12.0. The van der Waals surface area contributed by atoms with Crippen LogP contribution in [0.3, 0.4) is 0 Å². The zero-order valence-corrected chi connectivity index (χ0v) is 15.3. The number of hydrogen-bond donors (Lipinski definition) is 2. The number of para-hydroxylation sites is 2. The Bertz CT molecular complexity index is 721. The van der Waals surface area contributed by atoms with E-state index >= 15 is 0 Å². The summed E-state index contributed by atoms with van der Waals surface area (Å²) in [6, 6.07) is 7.95. The molecule has 1 aromatic carbocycles. The molecule has 6 heteroatoms. The fourth-order valence-corrected chi connectivity index (χ4v) is 2.79. The van der Waals surface area contributed by atoms with E-state index in [2.05, 4.69) is 15.6 Å². The van der Waals surface area contributed by atoms with Crippen LogP contribution in [0.4, 0.5) is 0 Å². The van der Waals surface area contributed by atoms with Crippen molar-refractivity contribution in [1.82, 2.24) is 20.2 Å². The summed E-state index contributed by atoms with van der Waals surface area (Å²) >= 11 is 0. The molecule has 25 heavy (non-hydrogen) atoms. The van der Waals surface area contributed by atoms with Gasteiger partial charge in [0.25, 0.3) is 0 Å². The second-order valence-corrected chi connectivity index (χ2v) is 6.53. The van der Waals surface area contributed by atoms with E-state index < -0.39 is 0 Å². The van der Waals surface area contributed by atoms with Crippen molar-refractivity contribution in [1.29, 1.82) is 0 Å². The summed E-state index contributed by atoms with van der Waals surface area (Å²) in [6.45, 7) is 6.77. The molecule has 0 atom stereocenters. The van der Waals surface area contributed by atoms with E-state index in [1.807, 2.05) is 49.6 Å². The number of hydrogen-bond acceptors (Lipinski definition) is 3. The number of fused-ring (bicyclic) bond motifs is 1. The van der Waals surface area contributed by atoms with Gasteiger partial charge in [0, 0.05) is 25.4 Å². The Morgan fingerprint density at radius 2 is 1.96 bits per heavy atom. The molecule has 0 radical (unpaired) electrons. The highest BCUT2D eigenvalue weighted by Crippen LogP contribution is 2.17. The molecule has 2 rings (SSSR count). The van der Waals surface area contributed by atoms with Crippen molar-refractivity contribution < 1.29 is 9.59 Å². The second kappa shape index (κ2) is 9.20. The van der Waals surface area contributed by atoms with Gasteiger partial charge in [0.2, 0.25) is 11.8 Å². The lowest BCUT2D eigenvalue weighted by Crippen LogP contribution is -2.33. The first kappa shape index (κ1) is 19.0. The summed E-state index contributed by atoms with van der Waals surface area (Å²) in [7, 11) is 0. The van der Waals surface area contributed by atoms with Crippen molar-refractivity contribution in [2.75, 3.05) is 6.54 Å². The fourth-order valence-electron chi connectivity index (χ4n) is 2.79. The van der Waals surface area contributed by atoms with Gasteiger partial charge in [-0.1, -0.05) is 19.1 Å². The third-order valence-corrected chi connectivity index (χ3v) is 3.86. The number of carbonyl (C=O) groups is 2. The molecule has 136 valence electrons. The Morgan fingerprint density at radius 1 is 1.20 bits per heavy atom. The maximum atomic E-state index is 12.2. The average molecular weight is 344 g/mol. The maximum absolute atomic E-state index is 12.2. The molecule has 0 saturated carbocycles. The Balaban J connectivity index is 2.06. The first-order valence-electron chi connectivity index (χ1n) is 9.01. The molecule has 0 saturated heterocycles. The van der Waals surface area contributed by atoms with Crippen LogP contribution in [0, 0.1) is 0 Å². The Morgan fingerprint density at radius 3 is 2.68 bits per heavy atom. The van der Waals surface area contributed by atoms with Crippen molar-refractivity contribution in [2.24, 2.45) is 0 Å². The molecular weight excluding hydrogens is 316 g/mol. The van der Waals surface area contributed by atoms with Crippen LogP contribution in [0.1, 0.15) is 45.9 Å². The van der Waals surface area contributed by atoms with E-state index in [1.54, 1.807) is 0 Å². The van der Waals surface area contributed by atoms with Gasteiger partial charge in [-0.25, -0.2) is 4.98 Å². The number of aromatic nitrogens is 2. The number of rotatable bonds is 9. The van der Waals surface area contributed by atoms with Crippen LogP contribution in [0.25, 0.3) is 11.0 Å². The predicted octanol–water partition coefficient (Wildman–Crippen LogP) is 2.41. The molecule has 0 aliphatic rings. The molecule has 1 heterocycles. The van der Waals surface area contributed by atoms with Crippen molar-refractivity contribution in [2.45, 2.75) is 59.0 Å². The summed E-state index contributed by atoms with van der Waals surface area (Å²) in [4.78, 5) is 28.4. The molecule has 0 spiro atoms. The van der Waals surface area contributed by atoms with Crippen LogP contribution >= 0.6 is 0 Å². The van der Waals surface area contributed by atoms with Crippen LogP contribution in [0.5, 0.6) is 0 Å². The van der Waals surface area contributed by atoms with Crippen molar-refractivity contribution >= 4 is 22.8 Å². The summed E-state index contributed by atoms with van der Waals surface area (Å²) in [5.41, 5.74) is 1.86. The molecule has 0 fully saturated rings. The van der Waals surface area contributed by atoms with Crippen LogP contribution in [0.15, 0.2) is 24.3 Å². The molecule has 1 aromatic heterocycles. The number of benzene rings is 1. The van der Waals surface area contributed by atoms with E-state index in [1.165, 1.54) is 0 Å². The van der Waals surface area contributed by atoms with Gasteiger partial charge in [0.15, 0.2) is 0 Å². The SMILES string of the molecule is CCCC(=O)NCCCc1nc2ccccc2n1CC(=O)NC(C)C. The minimum atomic E-state index is -0.0179. The van der Waals surface area contributed by atoms with Crippen molar-refractivity contribution in [3.63, 3.8) is 0 Å². The van der Waals surface area contributed by atoms with E-state index in [0.29, 0.717) is 13.0 Å². The van der Waals surface area contributed by atoms with Gasteiger partial charge in [-0.2, -0.15) is 0 Å². The topological polar surface area (TPSA) is 76.0 Å². The molecular formula is C19H28N4O2. The van der Waals surface area contributed by atoms with Gasteiger partial charge in [-0.3, -0.25) is 9.59 Å². The largest absolute Gasteiger partial charge is 0.356 e. The van der Waals surface area contributed by atoms with Crippen LogP contribution in [0.2, 0.25) is 0 Å². The van der Waals surface area contributed by atoms with Gasteiger partial charge < -0.3 is 15.2 Å². The summed E-state index contributed by atoms with van der Waals surface area (Å²) in [5.74, 6) is 0.952. The number of nitrogens with one attached hydrogen (secondary N) is 2. The van der Waals surface area contributed by atoms with Crippen LogP contribution in [-0.4, -0.2) is 34.0 Å². The van der Waals surface area contributed by atoms with E-state index in [0.717, 1.165) is 36.1 Å². The third-order valence-electron chi connectivity index (χ3n) is 3.86. The Kier molecular flexibility index (Phi) is 6.98. The Labute approximate surface area is 149 Å². The zero-order chi connectivity index (χ0) is 18.2. The number of carbonyl (C=O) groups excluding carboxylic acids is 2. The molecule has 0 unspecified atom stereocenters. The summed E-state index contributed by atoms with van der Waals surface area (Å²) in [6.07, 6.45) is 2.93. The molecule has 2 aromatic rings. The predicted molar refractivity (Wildman–Crippen MR) is 99.3 cm³/mol. The maximum Gasteiger partial charge on any atom is 0.240 e. The lowest BCUT2D eigenvalue weighted by Gasteiger charge is -2.12. The lowest BCUT2D eigenvalue weighted by atomic mass is 10.2. The molecule has 0 bridgehead atoms. The lowest BCUT2D eigenvalue weighted by molar-refractivity contribution is -0.122. The highest BCUT2D eigenvalue weighted by atomic mass is 16.2. The highest BCUT2D eigenvalue weighted by molar-refractivity contribution is 5.81. The van der Waals surface area contributed by atoms with Gasteiger partial charge in [-0.15, -0.1) is 0 Å². The second-order valence-electron chi connectivity index (χ2n) is 6.53. The molecule has 2 amide bonds. The Hall–Kier alpha value is -2.37. The van der Waals surface area contributed by atoms with Gasteiger partial charge in [0.05, 0.1) is 11.0 Å². The van der Waals surface area contributed by atoms with E-state index in [-0.39, 0.29) is 24.4 Å². The fraction of sp³-hybridized carbons (Fsp3) is 0.526. The number of aryl methyl sites for hydroxylation is 1. The van der Waals surface area contributed by atoms with Gasteiger partial charge in [0.1, 0.15) is 12.4 Å². The smallest absolute Gasteiger partial charge is 0.240 e. The number of imidazole rings is 1. The number of nitrogens with zero attached hydrogens (tertiary/aromatic N) is 2. The summed E-state index contributed by atoms with van der Waals surface area (Å²) < 4.78 is 1.97. The highest BCUT2D eigenvalue weighted by Gasteiger charge is 2.14. The average Bonchev–Trinajstić information content (AvgIpc) is 2.89. The first-order valence-corrected chi connectivity index (χ1v) is 9.01. The van der Waals surface area contributed by atoms with Crippen LogP contribution < -0.4 is 10.6 Å². The van der Waals surface area contributed by atoms with E-state index in [4.69, 9.17) is 0 Å². The minimum absolute atomic E-state index is 0.0179. The zero-order valence-electron chi connectivity index (χ0n) is 15.3.